The van der Waals surface area contributed by atoms with Crippen LogP contribution in [0.1, 0.15) is 11.6 Å². The molecule has 0 unspecified atom stereocenters. The van der Waals surface area contributed by atoms with Crippen LogP contribution in [0.15, 0.2) is 53.6 Å². The van der Waals surface area contributed by atoms with Gasteiger partial charge in [0.15, 0.2) is 0 Å². The highest BCUT2D eigenvalue weighted by atomic mass is 16.2. The van der Waals surface area contributed by atoms with E-state index in [0.29, 0.717) is 16.5 Å². The van der Waals surface area contributed by atoms with Crippen LogP contribution in [0, 0.1) is 0 Å². The number of nitrogens with zero attached hydrogens (tertiary/aromatic N) is 1. The number of hydrogen-bond acceptors (Lipinski definition) is 4. The van der Waals surface area contributed by atoms with Crippen LogP contribution in [0.5, 0.6) is 0 Å². The van der Waals surface area contributed by atoms with Crippen LogP contribution in [-0.2, 0) is 4.79 Å². The molecule has 1 saturated heterocycles. The molecule has 1 aromatic heterocycles. The second kappa shape index (κ2) is 5.31. The zero-order chi connectivity index (χ0) is 16.7. The molecule has 7 nitrogen and oxygen atoms in total. The van der Waals surface area contributed by atoms with Crippen molar-refractivity contribution in [2.24, 2.45) is 0 Å². The van der Waals surface area contributed by atoms with Crippen molar-refractivity contribution in [1.82, 2.24) is 20.6 Å². The Morgan fingerprint density at radius 2 is 1.67 bits per heavy atom. The molecular formula is C17H12N4O3. The first-order chi connectivity index (χ1) is 11.6. The van der Waals surface area contributed by atoms with Gasteiger partial charge in [0, 0.05) is 0 Å². The van der Waals surface area contributed by atoms with Crippen LogP contribution in [0.3, 0.4) is 0 Å². The second-order valence-corrected chi connectivity index (χ2v) is 5.48. The number of fused-ring (bicyclic) bond motifs is 1. The lowest BCUT2D eigenvalue weighted by Gasteiger charge is -2.09. The third kappa shape index (κ3) is 2.32. The first-order valence-corrected chi connectivity index (χ1v) is 7.31. The molecule has 0 aliphatic carbocycles. The third-order valence-corrected chi connectivity index (χ3v) is 3.99. The van der Waals surface area contributed by atoms with Crippen LogP contribution < -0.4 is 16.2 Å². The summed E-state index contributed by atoms with van der Waals surface area (Å²) < 4.78 is 0. The molecule has 1 fully saturated rings. The van der Waals surface area contributed by atoms with Crippen molar-refractivity contribution in [1.29, 1.82) is 0 Å². The number of H-pyrrole nitrogens is 1. The fraction of sp³-hybridized carbons (Fsp3) is 0.0588. The van der Waals surface area contributed by atoms with Crippen molar-refractivity contribution in [3.05, 3.63) is 64.7 Å². The highest BCUT2D eigenvalue weighted by Gasteiger charge is 2.30. The molecule has 0 saturated carbocycles. The molecule has 1 aliphatic heterocycles. The van der Waals surface area contributed by atoms with Crippen LogP contribution in [0.25, 0.3) is 22.0 Å². The summed E-state index contributed by atoms with van der Waals surface area (Å²) in [5.74, 6) is -0.365. The summed E-state index contributed by atoms with van der Waals surface area (Å²) in [4.78, 5) is 41.4. The lowest BCUT2D eigenvalue weighted by Crippen LogP contribution is -2.22. The predicted molar refractivity (Wildman–Crippen MR) is 87.2 cm³/mol. The fourth-order valence-electron chi connectivity index (χ4n) is 2.77. The van der Waals surface area contributed by atoms with Gasteiger partial charge in [-0.3, -0.25) is 14.9 Å². The van der Waals surface area contributed by atoms with Gasteiger partial charge in [0.1, 0.15) is 6.04 Å². The third-order valence-electron chi connectivity index (χ3n) is 3.99. The molecule has 1 aliphatic rings. The van der Waals surface area contributed by atoms with Crippen LogP contribution in [-0.4, -0.2) is 21.9 Å². The molecule has 4 rings (SSSR count). The molecule has 0 radical (unpaired) electrons. The lowest BCUT2D eigenvalue weighted by atomic mass is 10.00. The van der Waals surface area contributed by atoms with Crippen LogP contribution >= 0.6 is 0 Å². The van der Waals surface area contributed by atoms with E-state index in [4.69, 9.17) is 0 Å². The molecule has 0 spiro atoms. The van der Waals surface area contributed by atoms with Crippen molar-refractivity contribution in [3.8, 4) is 11.1 Å². The van der Waals surface area contributed by atoms with Gasteiger partial charge in [0.05, 0.1) is 17.2 Å². The number of carbonyl (C=O) groups excluding carboxylic acids is 2. The number of urea groups is 1. The van der Waals surface area contributed by atoms with Crippen molar-refractivity contribution < 1.29 is 9.59 Å². The summed E-state index contributed by atoms with van der Waals surface area (Å²) in [6, 6.07) is 11.5. The summed E-state index contributed by atoms with van der Waals surface area (Å²) in [6.07, 6.45) is 1.38. The summed E-state index contributed by atoms with van der Waals surface area (Å²) in [6.45, 7) is 0. The predicted octanol–water partition coefficient (Wildman–Crippen LogP) is 1.47. The monoisotopic (exact) mass is 320 g/mol. The Labute approximate surface area is 135 Å². The first kappa shape index (κ1) is 14.1. The van der Waals surface area contributed by atoms with E-state index in [0.717, 1.165) is 11.1 Å². The van der Waals surface area contributed by atoms with Gasteiger partial charge < -0.3 is 10.3 Å². The van der Waals surface area contributed by atoms with Gasteiger partial charge in [-0.2, -0.15) is 0 Å². The van der Waals surface area contributed by atoms with E-state index < -0.39 is 12.1 Å². The van der Waals surface area contributed by atoms with Crippen molar-refractivity contribution in [2.45, 2.75) is 6.04 Å². The Bertz CT molecular complexity index is 1020. The fourth-order valence-corrected chi connectivity index (χ4v) is 2.77. The first-order valence-electron chi connectivity index (χ1n) is 7.31. The smallest absolute Gasteiger partial charge is 0.322 e. The summed E-state index contributed by atoms with van der Waals surface area (Å²) in [7, 11) is 0. The average molecular weight is 320 g/mol. The number of aromatic nitrogens is 2. The number of benzene rings is 2. The number of amides is 3. The molecule has 2 aromatic carbocycles. The lowest BCUT2D eigenvalue weighted by molar-refractivity contribution is -0.120. The Kier molecular flexibility index (Phi) is 3.13. The second-order valence-electron chi connectivity index (χ2n) is 5.48. The van der Waals surface area contributed by atoms with E-state index in [9.17, 15) is 14.4 Å². The number of nitrogens with one attached hydrogen (secondary N) is 3. The Balaban J connectivity index is 1.70. The van der Waals surface area contributed by atoms with Crippen molar-refractivity contribution in [2.75, 3.05) is 0 Å². The van der Waals surface area contributed by atoms with Gasteiger partial charge in [-0.05, 0) is 28.8 Å². The van der Waals surface area contributed by atoms with E-state index in [-0.39, 0.29) is 11.5 Å². The van der Waals surface area contributed by atoms with Crippen LogP contribution in [0.4, 0.5) is 4.79 Å². The van der Waals surface area contributed by atoms with Gasteiger partial charge >= 0.3 is 6.03 Å². The van der Waals surface area contributed by atoms with Gasteiger partial charge in [-0.15, -0.1) is 0 Å². The summed E-state index contributed by atoms with van der Waals surface area (Å²) in [5.41, 5.74) is 2.90. The topological polar surface area (TPSA) is 104 Å². The Hall–Kier alpha value is -3.48. The normalized spacial score (nSPS) is 16.9. The summed E-state index contributed by atoms with van der Waals surface area (Å²) in [5, 5.41) is 5.28. The zero-order valence-corrected chi connectivity index (χ0v) is 12.4. The van der Waals surface area contributed by atoms with E-state index in [1.165, 1.54) is 6.33 Å². The molecule has 3 N–H and O–H groups in total. The highest BCUT2D eigenvalue weighted by molar-refractivity contribution is 6.04. The number of rotatable bonds is 2. The van der Waals surface area contributed by atoms with Gasteiger partial charge in [0.25, 0.3) is 11.5 Å². The molecule has 24 heavy (non-hydrogen) atoms. The maximum absolute atomic E-state index is 11.9. The zero-order valence-electron chi connectivity index (χ0n) is 12.4. The SMILES string of the molecule is O=C1NC(=O)[C@H](c2ccc(-c3ccc4nc[nH]c(=O)c4c3)cc2)N1. The highest BCUT2D eigenvalue weighted by Crippen LogP contribution is 2.25. The van der Waals surface area contributed by atoms with E-state index in [2.05, 4.69) is 20.6 Å². The standard InChI is InChI=1S/C17H12N4O3/c22-15-12-7-11(5-6-13(12)18-8-19-15)9-1-3-10(4-2-9)14-16(23)21-17(24)20-14/h1-8,14H,(H,18,19,22)(H2,20,21,23,24)/t14-/m0/s1. The Morgan fingerprint density at radius 1 is 0.917 bits per heavy atom. The minimum Gasteiger partial charge on any atom is -0.322 e. The number of carbonyl (C=O) groups is 2. The maximum Gasteiger partial charge on any atom is 0.322 e. The largest absolute Gasteiger partial charge is 0.322 e. The molecule has 7 heteroatoms. The maximum atomic E-state index is 11.9. The van der Waals surface area contributed by atoms with E-state index >= 15 is 0 Å². The van der Waals surface area contributed by atoms with Gasteiger partial charge in [-0.25, -0.2) is 9.78 Å². The molecular weight excluding hydrogens is 308 g/mol. The molecule has 2 heterocycles. The minimum atomic E-state index is -0.671. The van der Waals surface area contributed by atoms with E-state index in [1.807, 2.05) is 18.2 Å². The minimum absolute atomic E-state index is 0.191. The summed E-state index contributed by atoms with van der Waals surface area (Å²) >= 11 is 0. The molecule has 0 bridgehead atoms. The molecule has 118 valence electrons. The number of aromatic amines is 1. The molecule has 3 aromatic rings. The van der Waals surface area contributed by atoms with Crippen molar-refractivity contribution >= 4 is 22.8 Å². The average Bonchev–Trinajstić information content (AvgIpc) is 2.93. The quantitative estimate of drug-likeness (QED) is 0.622. The van der Waals surface area contributed by atoms with Crippen molar-refractivity contribution in [3.63, 3.8) is 0 Å². The number of hydrogen-bond donors (Lipinski definition) is 3. The van der Waals surface area contributed by atoms with Crippen LogP contribution in [0.2, 0.25) is 0 Å². The van der Waals surface area contributed by atoms with Gasteiger partial charge in [0.2, 0.25) is 0 Å². The molecule has 3 amide bonds. The Morgan fingerprint density at radius 3 is 2.38 bits per heavy atom. The van der Waals surface area contributed by atoms with Gasteiger partial charge in [-0.1, -0.05) is 30.3 Å². The van der Waals surface area contributed by atoms with E-state index in [1.54, 1.807) is 24.3 Å². The molecule has 1 atom stereocenters. The number of imide groups is 1.